The maximum atomic E-state index is 10.0. The van der Waals surface area contributed by atoms with Crippen molar-refractivity contribution >= 4 is 12.3 Å². The summed E-state index contributed by atoms with van der Waals surface area (Å²) in [6.45, 7) is -0.348. The van der Waals surface area contributed by atoms with Crippen molar-refractivity contribution in [3.8, 4) is 0 Å². The molecule has 63 valence electrons. The molecule has 0 amide bonds. The molecule has 0 rings (SSSR count). The van der Waals surface area contributed by atoms with Crippen molar-refractivity contribution < 1.29 is 19.8 Å². The standard InChI is InChI=1S/C6H10NO4/c8-3-5(7-4-9)1-2-6(10)11/h5,7,9H,1-2,4H2,(H,10,11)/t5-/m0/s1. The number of aliphatic carboxylic acids is 1. The Kier molecular flexibility index (Phi) is 5.32. The van der Waals surface area contributed by atoms with Crippen molar-refractivity contribution in [2.45, 2.75) is 18.9 Å². The molecule has 5 nitrogen and oxygen atoms in total. The number of nitrogens with one attached hydrogen (secondary N) is 1. The Hall–Kier alpha value is -0.940. The second-order valence-corrected chi connectivity index (χ2v) is 1.97. The Morgan fingerprint density at radius 3 is 2.64 bits per heavy atom. The lowest BCUT2D eigenvalue weighted by atomic mass is 10.2. The Morgan fingerprint density at radius 1 is 1.64 bits per heavy atom. The first-order valence-corrected chi connectivity index (χ1v) is 3.14. The van der Waals surface area contributed by atoms with Gasteiger partial charge in [-0.1, -0.05) is 0 Å². The number of carbonyl (C=O) groups excluding carboxylic acids is 1. The third-order valence-electron chi connectivity index (χ3n) is 1.13. The van der Waals surface area contributed by atoms with Gasteiger partial charge in [0.25, 0.3) is 0 Å². The topological polar surface area (TPSA) is 86.6 Å². The van der Waals surface area contributed by atoms with E-state index in [0.29, 0.717) is 0 Å². The van der Waals surface area contributed by atoms with Gasteiger partial charge in [-0.05, 0) is 6.42 Å². The molecule has 0 saturated carbocycles. The normalized spacial score (nSPS) is 12.5. The summed E-state index contributed by atoms with van der Waals surface area (Å²) in [6, 6.07) is -0.684. The van der Waals surface area contributed by atoms with Crippen LogP contribution in [0, 0.1) is 0 Å². The molecular weight excluding hydrogens is 150 g/mol. The number of rotatable bonds is 6. The predicted molar refractivity (Wildman–Crippen MR) is 36.6 cm³/mol. The van der Waals surface area contributed by atoms with Gasteiger partial charge in [0.15, 0.2) is 0 Å². The van der Waals surface area contributed by atoms with Gasteiger partial charge in [-0.25, -0.2) is 0 Å². The molecule has 0 spiro atoms. The predicted octanol–water partition coefficient (Wildman–Crippen LogP) is -1.13. The van der Waals surface area contributed by atoms with Gasteiger partial charge in [0.1, 0.15) is 0 Å². The molecule has 0 aromatic carbocycles. The van der Waals surface area contributed by atoms with Gasteiger partial charge >= 0.3 is 5.97 Å². The van der Waals surface area contributed by atoms with Crippen LogP contribution in [0.3, 0.4) is 0 Å². The fourth-order valence-corrected chi connectivity index (χ4v) is 0.581. The first-order chi connectivity index (χ1) is 5.20. The number of hydrogen-bond donors (Lipinski definition) is 3. The average molecular weight is 160 g/mol. The van der Waals surface area contributed by atoms with E-state index in [4.69, 9.17) is 10.2 Å². The minimum Gasteiger partial charge on any atom is -0.481 e. The third kappa shape index (κ3) is 5.50. The first-order valence-electron chi connectivity index (χ1n) is 3.14. The van der Waals surface area contributed by atoms with Crippen LogP contribution in [0.4, 0.5) is 0 Å². The van der Waals surface area contributed by atoms with Gasteiger partial charge in [-0.2, -0.15) is 0 Å². The molecule has 0 fully saturated rings. The van der Waals surface area contributed by atoms with Crippen molar-refractivity contribution in [3.63, 3.8) is 0 Å². The van der Waals surface area contributed by atoms with Gasteiger partial charge in [0.05, 0.1) is 12.8 Å². The van der Waals surface area contributed by atoms with Gasteiger partial charge < -0.3 is 10.2 Å². The quantitative estimate of drug-likeness (QED) is 0.428. The van der Waals surface area contributed by atoms with Gasteiger partial charge in [-0.15, -0.1) is 0 Å². The molecular formula is C6H10NO4. The second-order valence-electron chi connectivity index (χ2n) is 1.97. The van der Waals surface area contributed by atoms with E-state index in [0.717, 1.165) is 0 Å². The summed E-state index contributed by atoms with van der Waals surface area (Å²) >= 11 is 0. The van der Waals surface area contributed by atoms with Crippen LogP contribution >= 0.6 is 0 Å². The van der Waals surface area contributed by atoms with Crippen molar-refractivity contribution in [3.05, 3.63) is 0 Å². The highest BCUT2D eigenvalue weighted by Crippen LogP contribution is 1.93. The van der Waals surface area contributed by atoms with Crippen molar-refractivity contribution in [1.82, 2.24) is 5.32 Å². The average Bonchev–Trinajstić information content (AvgIpc) is 1.97. The Labute approximate surface area is 64.0 Å². The summed E-state index contributed by atoms with van der Waals surface area (Å²) in [7, 11) is 0. The van der Waals surface area contributed by atoms with Crippen LogP contribution in [0.1, 0.15) is 12.8 Å². The van der Waals surface area contributed by atoms with Crippen LogP contribution in [0.5, 0.6) is 0 Å². The zero-order valence-corrected chi connectivity index (χ0v) is 5.91. The monoisotopic (exact) mass is 160 g/mol. The molecule has 0 aromatic heterocycles. The molecule has 0 bridgehead atoms. The van der Waals surface area contributed by atoms with E-state index in [2.05, 4.69) is 5.32 Å². The summed E-state index contributed by atoms with van der Waals surface area (Å²) in [5.74, 6) is -0.968. The molecule has 1 radical (unpaired) electrons. The van der Waals surface area contributed by atoms with Gasteiger partial charge in [-0.3, -0.25) is 14.9 Å². The maximum absolute atomic E-state index is 10.0. The minimum absolute atomic E-state index is 0.104. The van der Waals surface area contributed by atoms with Crippen LogP contribution < -0.4 is 5.32 Å². The van der Waals surface area contributed by atoms with Gasteiger partial charge in [0.2, 0.25) is 6.29 Å². The largest absolute Gasteiger partial charge is 0.481 e. The number of carboxylic acids is 1. The lowest BCUT2D eigenvalue weighted by Gasteiger charge is -2.06. The van der Waals surface area contributed by atoms with E-state index in [1.165, 1.54) is 0 Å². The number of aliphatic hydroxyl groups excluding tert-OH is 1. The summed E-state index contributed by atoms with van der Waals surface area (Å²) in [6.07, 6.45) is 1.62. The van der Waals surface area contributed by atoms with Crippen LogP contribution in [0.2, 0.25) is 0 Å². The van der Waals surface area contributed by atoms with E-state index >= 15 is 0 Å². The molecule has 0 saturated heterocycles. The van der Waals surface area contributed by atoms with E-state index in [9.17, 15) is 9.59 Å². The molecule has 0 aliphatic rings. The third-order valence-corrected chi connectivity index (χ3v) is 1.13. The number of aliphatic hydroxyl groups is 1. The Bertz CT molecular complexity index is 137. The van der Waals surface area contributed by atoms with E-state index in [-0.39, 0.29) is 19.6 Å². The molecule has 0 aromatic rings. The van der Waals surface area contributed by atoms with Crippen molar-refractivity contribution in [1.29, 1.82) is 0 Å². The Balaban J connectivity index is 3.51. The summed E-state index contributed by atoms with van der Waals surface area (Å²) < 4.78 is 0. The zero-order valence-electron chi connectivity index (χ0n) is 5.91. The lowest BCUT2D eigenvalue weighted by Crippen LogP contribution is -2.31. The maximum Gasteiger partial charge on any atom is 0.303 e. The molecule has 0 aliphatic carbocycles. The van der Waals surface area contributed by atoms with Crippen LogP contribution in [0.25, 0.3) is 0 Å². The number of carbonyl (C=O) groups is 1. The SMILES string of the molecule is O=[C][C@H](CCC(=O)O)NCO. The highest BCUT2D eigenvalue weighted by Gasteiger charge is 2.08. The van der Waals surface area contributed by atoms with E-state index in [1.54, 1.807) is 6.29 Å². The second kappa shape index (κ2) is 5.82. The highest BCUT2D eigenvalue weighted by atomic mass is 16.4. The fourth-order valence-electron chi connectivity index (χ4n) is 0.581. The number of carboxylic acid groups (broad SMARTS) is 1. The first kappa shape index (κ1) is 10.1. The summed E-state index contributed by atoms with van der Waals surface area (Å²) in [5, 5.41) is 18.9. The minimum atomic E-state index is -0.968. The van der Waals surface area contributed by atoms with Crippen molar-refractivity contribution in [2.75, 3.05) is 6.73 Å². The van der Waals surface area contributed by atoms with Crippen LogP contribution in [-0.4, -0.2) is 35.2 Å². The smallest absolute Gasteiger partial charge is 0.303 e. The molecule has 0 aliphatic heterocycles. The molecule has 3 N–H and O–H groups in total. The summed E-state index contributed by atoms with van der Waals surface area (Å²) in [5.41, 5.74) is 0. The Morgan fingerprint density at radius 2 is 2.27 bits per heavy atom. The molecule has 0 heterocycles. The fraction of sp³-hybridized carbons (Fsp3) is 0.667. The van der Waals surface area contributed by atoms with Crippen molar-refractivity contribution in [2.24, 2.45) is 0 Å². The summed E-state index contributed by atoms with van der Waals surface area (Å²) in [4.78, 5) is 20.0. The number of hydrogen-bond acceptors (Lipinski definition) is 4. The van der Waals surface area contributed by atoms with E-state index < -0.39 is 12.0 Å². The molecule has 5 heteroatoms. The highest BCUT2D eigenvalue weighted by molar-refractivity contribution is 5.68. The van der Waals surface area contributed by atoms with E-state index in [1.807, 2.05) is 0 Å². The lowest BCUT2D eigenvalue weighted by molar-refractivity contribution is -0.137. The van der Waals surface area contributed by atoms with Gasteiger partial charge in [0, 0.05) is 6.42 Å². The van der Waals surface area contributed by atoms with Crippen LogP contribution in [-0.2, 0) is 9.59 Å². The zero-order chi connectivity index (χ0) is 8.69. The molecule has 11 heavy (non-hydrogen) atoms. The molecule has 1 atom stereocenters. The van der Waals surface area contributed by atoms with Crippen LogP contribution in [0.15, 0.2) is 0 Å². The molecule has 0 unspecified atom stereocenters.